The molecule has 2 aromatic rings. The molecular formula is C17H18O4. The molecule has 0 heterocycles. The molecule has 0 aliphatic rings. The van der Waals surface area contributed by atoms with Gasteiger partial charge in [0.05, 0.1) is 19.8 Å². The Balaban J connectivity index is 2.66. The standard InChI is InChI=1S/C17H18O4/c1-10-5-11(2)16(17(18)19)9-15(10)12-6-13(20-3)8-14(7-12)21-4/h5-9H,1-4H3,(H,18,19). The van der Waals surface area contributed by atoms with E-state index in [0.717, 1.165) is 22.3 Å². The molecule has 0 saturated carbocycles. The average molecular weight is 286 g/mol. The van der Waals surface area contributed by atoms with Crippen LogP contribution in [0.15, 0.2) is 30.3 Å². The number of hydrogen-bond acceptors (Lipinski definition) is 3. The van der Waals surface area contributed by atoms with Gasteiger partial charge in [-0.05, 0) is 54.3 Å². The Morgan fingerprint density at radius 2 is 1.48 bits per heavy atom. The van der Waals surface area contributed by atoms with E-state index >= 15 is 0 Å². The van der Waals surface area contributed by atoms with Crippen LogP contribution in [0.25, 0.3) is 11.1 Å². The van der Waals surface area contributed by atoms with Gasteiger partial charge in [0, 0.05) is 6.07 Å². The summed E-state index contributed by atoms with van der Waals surface area (Å²) in [5, 5.41) is 9.28. The van der Waals surface area contributed by atoms with E-state index in [1.807, 2.05) is 25.1 Å². The van der Waals surface area contributed by atoms with Crippen molar-refractivity contribution in [1.29, 1.82) is 0 Å². The van der Waals surface area contributed by atoms with Crippen molar-refractivity contribution >= 4 is 5.97 Å². The summed E-state index contributed by atoms with van der Waals surface area (Å²) in [4.78, 5) is 11.3. The third-order valence-corrected chi connectivity index (χ3v) is 3.46. The molecule has 4 nitrogen and oxygen atoms in total. The third kappa shape index (κ3) is 2.99. The maximum atomic E-state index is 11.3. The van der Waals surface area contributed by atoms with E-state index in [2.05, 4.69) is 0 Å². The van der Waals surface area contributed by atoms with Crippen molar-refractivity contribution < 1.29 is 19.4 Å². The minimum Gasteiger partial charge on any atom is -0.497 e. The minimum absolute atomic E-state index is 0.303. The highest BCUT2D eigenvalue weighted by Gasteiger charge is 2.13. The van der Waals surface area contributed by atoms with E-state index in [9.17, 15) is 9.90 Å². The SMILES string of the molecule is COc1cc(OC)cc(-c2cc(C(=O)O)c(C)cc2C)c1. The van der Waals surface area contributed by atoms with Crippen molar-refractivity contribution in [2.24, 2.45) is 0 Å². The highest BCUT2D eigenvalue weighted by Crippen LogP contribution is 2.33. The Labute approximate surface area is 123 Å². The van der Waals surface area contributed by atoms with Crippen LogP contribution in [-0.4, -0.2) is 25.3 Å². The van der Waals surface area contributed by atoms with Crippen LogP contribution < -0.4 is 9.47 Å². The molecule has 0 atom stereocenters. The third-order valence-electron chi connectivity index (χ3n) is 3.46. The van der Waals surface area contributed by atoms with Gasteiger partial charge in [-0.15, -0.1) is 0 Å². The van der Waals surface area contributed by atoms with Gasteiger partial charge in [-0.25, -0.2) is 4.79 Å². The fraction of sp³-hybridized carbons (Fsp3) is 0.235. The zero-order valence-electron chi connectivity index (χ0n) is 12.6. The number of aryl methyl sites for hydroxylation is 2. The molecule has 0 saturated heterocycles. The number of benzene rings is 2. The van der Waals surface area contributed by atoms with Gasteiger partial charge in [0.2, 0.25) is 0 Å². The first-order valence-corrected chi connectivity index (χ1v) is 6.54. The second-order valence-electron chi connectivity index (χ2n) is 4.89. The molecule has 2 rings (SSSR count). The Morgan fingerprint density at radius 1 is 0.905 bits per heavy atom. The first-order chi connectivity index (χ1) is 9.96. The Hall–Kier alpha value is -2.49. The number of carboxylic acid groups (broad SMARTS) is 1. The molecule has 0 radical (unpaired) electrons. The highest BCUT2D eigenvalue weighted by molar-refractivity contribution is 5.91. The van der Waals surface area contributed by atoms with Crippen LogP contribution in [-0.2, 0) is 0 Å². The molecule has 2 aromatic carbocycles. The smallest absolute Gasteiger partial charge is 0.335 e. The van der Waals surface area contributed by atoms with Crippen molar-refractivity contribution in [1.82, 2.24) is 0 Å². The van der Waals surface area contributed by atoms with Crippen LogP contribution in [0.5, 0.6) is 11.5 Å². The van der Waals surface area contributed by atoms with Crippen molar-refractivity contribution in [3.63, 3.8) is 0 Å². The van der Waals surface area contributed by atoms with Crippen molar-refractivity contribution in [2.75, 3.05) is 14.2 Å². The maximum Gasteiger partial charge on any atom is 0.335 e. The van der Waals surface area contributed by atoms with Crippen LogP contribution in [0, 0.1) is 13.8 Å². The van der Waals surface area contributed by atoms with Gasteiger partial charge in [-0.3, -0.25) is 0 Å². The molecule has 4 heteroatoms. The van der Waals surface area contributed by atoms with Gasteiger partial charge in [-0.1, -0.05) is 6.07 Å². The molecule has 0 aliphatic carbocycles. The predicted octanol–water partition coefficient (Wildman–Crippen LogP) is 3.69. The van der Waals surface area contributed by atoms with E-state index in [1.54, 1.807) is 33.3 Å². The predicted molar refractivity (Wildman–Crippen MR) is 81.4 cm³/mol. The molecule has 0 bridgehead atoms. The van der Waals surface area contributed by atoms with E-state index in [0.29, 0.717) is 17.1 Å². The van der Waals surface area contributed by atoms with E-state index in [4.69, 9.17) is 9.47 Å². The first-order valence-electron chi connectivity index (χ1n) is 6.54. The Bertz CT molecular complexity index is 667. The minimum atomic E-state index is -0.927. The second-order valence-corrected chi connectivity index (χ2v) is 4.89. The first kappa shape index (κ1) is 14.9. The Kier molecular flexibility index (Phi) is 4.17. The molecule has 0 unspecified atom stereocenters. The van der Waals surface area contributed by atoms with Gasteiger partial charge in [0.15, 0.2) is 0 Å². The van der Waals surface area contributed by atoms with Crippen LogP contribution in [0.1, 0.15) is 21.5 Å². The van der Waals surface area contributed by atoms with E-state index in [-0.39, 0.29) is 0 Å². The number of ether oxygens (including phenoxy) is 2. The van der Waals surface area contributed by atoms with Gasteiger partial charge >= 0.3 is 5.97 Å². The van der Waals surface area contributed by atoms with Crippen molar-refractivity contribution in [2.45, 2.75) is 13.8 Å². The number of rotatable bonds is 4. The van der Waals surface area contributed by atoms with Gasteiger partial charge < -0.3 is 14.6 Å². The lowest BCUT2D eigenvalue weighted by atomic mass is 9.94. The molecule has 0 aliphatic heterocycles. The zero-order chi connectivity index (χ0) is 15.6. The summed E-state index contributed by atoms with van der Waals surface area (Å²) >= 11 is 0. The van der Waals surface area contributed by atoms with Gasteiger partial charge in [0.1, 0.15) is 11.5 Å². The maximum absolute atomic E-state index is 11.3. The van der Waals surface area contributed by atoms with Crippen LogP contribution in [0.2, 0.25) is 0 Å². The second kappa shape index (κ2) is 5.87. The Morgan fingerprint density at radius 3 is 1.95 bits per heavy atom. The van der Waals surface area contributed by atoms with Gasteiger partial charge in [-0.2, -0.15) is 0 Å². The summed E-state index contributed by atoms with van der Waals surface area (Å²) in [5.74, 6) is 0.408. The largest absolute Gasteiger partial charge is 0.497 e. The van der Waals surface area contributed by atoms with Crippen molar-refractivity contribution in [3.8, 4) is 22.6 Å². The normalized spacial score (nSPS) is 10.3. The molecule has 0 aromatic heterocycles. The summed E-state index contributed by atoms with van der Waals surface area (Å²) in [6.45, 7) is 3.76. The van der Waals surface area contributed by atoms with E-state index < -0.39 is 5.97 Å². The fourth-order valence-electron chi connectivity index (χ4n) is 2.36. The summed E-state index contributed by atoms with van der Waals surface area (Å²) in [5.41, 5.74) is 3.78. The number of hydrogen-bond donors (Lipinski definition) is 1. The number of carbonyl (C=O) groups is 1. The summed E-state index contributed by atoms with van der Waals surface area (Å²) in [6, 6.07) is 9.09. The number of methoxy groups -OCH3 is 2. The lowest BCUT2D eigenvalue weighted by Gasteiger charge is -2.13. The highest BCUT2D eigenvalue weighted by atomic mass is 16.5. The monoisotopic (exact) mass is 286 g/mol. The average Bonchev–Trinajstić information content (AvgIpc) is 2.46. The van der Waals surface area contributed by atoms with Crippen LogP contribution >= 0.6 is 0 Å². The summed E-state index contributed by atoms with van der Waals surface area (Å²) in [6.07, 6.45) is 0. The van der Waals surface area contributed by atoms with E-state index in [1.165, 1.54) is 0 Å². The molecule has 0 fully saturated rings. The molecule has 0 amide bonds. The molecular weight excluding hydrogens is 268 g/mol. The van der Waals surface area contributed by atoms with Crippen LogP contribution in [0.4, 0.5) is 0 Å². The molecule has 1 N–H and O–H groups in total. The topological polar surface area (TPSA) is 55.8 Å². The van der Waals surface area contributed by atoms with Gasteiger partial charge in [0.25, 0.3) is 0 Å². The molecule has 110 valence electrons. The summed E-state index contributed by atoms with van der Waals surface area (Å²) < 4.78 is 10.5. The number of carboxylic acids is 1. The quantitative estimate of drug-likeness (QED) is 0.931. The lowest BCUT2D eigenvalue weighted by molar-refractivity contribution is 0.0696. The molecule has 0 spiro atoms. The fourth-order valence-corrected chi connectivity index (χ4v) is 2.36. The van der Waals surface area contributed by atoms with Crippen molar-refractivity contribution in [3.05, 3.63) is 47.0 Å². The summed E-state index contributed by atoms with van der Waals surface area (Å²) in [7, 11) is 3.17. The lowest BCUT2D eigenvalue weighted by Crippen LogP contribution is -2.01. The van der Waals surface area contributed by atoms with Crippen LogP contribution in [0.3, 0.4) is 0 Å². The number of aromatic carboxylic acids is 1. The molecule has 21 heavy (non-hydrogen) atoms. The zero-order valence-corrected chi connectivity index (χ0v) is 12.6.